The molecule has 0 aromatic heterocycles. The van der Waals surface area contributed by atoms with Gasteiger partial charge in [0.25, 0.3) is 5.69 Å². The van der Waals surface area contributed by atoms with Crippen molar-refractivity contribution >= 4 is 5.69 Å². The van der Waals surface area contributed by atoms with Gasteiger partial charge in [-0.05, 0) is 31.4 Å². The number of nitrogens with zero attached hydrogens (tertiary/aromatic N) is 2. The summed E-state index contributed by atoms with van der Waals surface area (Å²) in [6.07, 6.45) is 5.21. The van der Waals surface area contributed by atoms with Crippen LogP contribution in [0.3, 0.4) is 0 Å². The fraction of sp³-hybridized carbons (Fsp3) is 0.600. The van der Waals surface area contributed by atoms with Crippen molar-refractivity contribution in [3.05, 3.63) is 39.9 Å². The van der Waals surface area contributed by atoms with Crippen LogP contribution < -0.4 is 5.32 Å². The van der Waals surface area contributed by atoms with Crippen molar-refractivity contribution in [1.82, 2.24) is 10.2 Å². The molecule has 2 atom stereocenters. The van der Waals surface area contributed by atoms with Crippen molar-refractivity contribution in [2.24, 2.45) is 0 Å². The second kappa shape index (κ2) is 5.89. The van der Waals surface area contributed by atoms with Crippen LogP contribution in [0.25, 0.3) is 0 Å². The van der Waals surface area contributed by atoms with Crippen LogP contribution in [-0.2, 0) is 6.54 Å². The molecule has 1 N–H and O–H groups in total. The quantitative estimate of drug-likeness (QED) is 0.676. The van der Waals surface area contributed by atoms with Gasteiger partial charge in [0.05, 0.1) is 4.92 Å². The molecule has 0 aliphatic carbocycles. The minimum Gasteiger partial charge on any atom is -0.308 e. The molecule has 5 heteroatoms. The van der Waals surface area contributed by atoms with E-state index in [4.69, 9.17) is 0 Å². The van der Waals surface area contributed by atoms with Crippen LogP contribution in [0.4, 0.5) is 5.69 Å². The summed E-state index contributed by atoms with van der Waals surface area (Å²) >= 11 is 0. The first-order chi connectivity index (χ1) is 9.74. The zero-order valence-corrected chi connectivity index (χ0v) is 11.6. The fourth-order valence-electron chi connectivity index (χ4n) is 3.47. The van der Waals surface area contributed by atoms with Crippen LogP contribution >= 0.6 is 0 Å². The summed E-state index contributed by atoms with van der Waals surface area (Å²) in [5, 5.41) is 14.3. The lowest BCUT2D eigenvalue weighted by atomic mass is 9.99. The van der Waals surface area contributed by atoms with Gasteiger partial charge in [0.2, 0.25) is 0 Å². The molecule has 5 nitrogen and oxygen atoms in total. The van der Waals surface area contributed by atoms with Gasteiger partial charge in [0, 0.05) is 37.3 Å². The Morgan fingerprint density at radius 1 is 1.20 bits per heavy atom. The molecular weight excluding hydrogens is 254 g/mol. The molecule has 2 fully saturated rings. The van der Waals surface area contributed by atoms with E-state index in [1.54, 1.807) is 12.1 Å². The van der Waals surface area contributed by atoms with Gasteiger partial charge in [-0.3, -0.25) is 15.0 Å². The summed E-state index contributed by atoms with van der Waals surface area (Å²) in [5.74, 6) is 0. The van der Waals surface area contributed by atoms with Crippen molar-refractivity contribution in [2.75, 3.05) is 13.1 Å². The third-order valence-corrected chi connectivity index (χ3v) is 4.57. The first kappa shape index (κ1) is 13.5. The zero-order chi connectivity index (χ0) is 13.9. The maximum atomic E-state index is 10.6. The van der Waals surface area contributed by atoms with Crippen LogP contribution in [0.1, 0.15) is 31.2 Å². The fourth-order valence-corrected chi connectivity index (χ4v) is 3.47. The number of nitro groups is 1. The monoisotopic (exact) mass is 275 g/mol. The number of non-ortho nitro benzene ring substituents is 1. The summed E-state index contributed by atoms with van der Waals surface area (Å²) in [7, 11) is 0. The average Bonchev–Trinajstić information content (AvgIpc) is 2.89. The second-order valence-electron chi connectivity index (χ2n) is 5.80. The van der Waals surface area contributed by atoms with Gasteiger partial charge in [-0.1, -0.05) is 18.6 Å². The Morgan fingerprint density at radius 3 is 2.75 bits per heavy atom. The second-order valence-corrected chi connectivity index (χ2v) is 5.80. The first-order valence-electron chi connectivity index (χ1n) is 7.45. The lowest BCUT2D eigenvalue weighted by Gasteiger charge is -2.32. The van der Waals surface area contributed by atoms with Gasteiger partial charge in [-0.15, -0.1) is 0 Å². The largest absolute Gasteiger partial charge is 0.308 e. The first-order valence-corrected chi connectivity index (χ1v) is 7.45. The van der Waals surface area contributed by atoms with E-state index < -0.39 is 0 Å². The highest BCUT2D eigenvalue weighted by molar-refractivity contribution is 5.32. The van der Waals surface area contributed by atoms with Gasteiger partial charge in [-0.25, -0.2) is 0 Å². The lowest BCUT2D eigenvalue weighted by Crippen LogP contribution is -2.44. The van der Waals surface area contributed by atoms with E-state index in [1.807, 2.05) is 12.1 Å². The third kappa shape index (κ3) is 2.83. The Morgan fingerprint density at radius 2 is 2.00 bits per heavy atom. The molecule has 2 heterocycles. The van der Waals surface area contributed by atoms with Crippen LogP contribution in [0.5, 0.6) is 0 Å². The molecule has 2 unspecified atom stereocenters. The van der Waals surface area contributed by atoms with E-state index in [0.717, 1.165) is 12.1 Å². The molecule has 1 aromatic carbocycles. The molecule has 1 aromatic rings. The smallest absolute Gasteiger partial charge is 0.269 e. The van der Waals surface area contributed by atoms with Crippen molar-refractivity contribution in [2.45, 2.75) is 44.3 Å². The SMILES string of the molecule is O=[N+]([O-])c1ccc(CNC2CCN3CCCCC23)cc1. The maximum Gasteiger partial charge on any atom is 0.269 e. The molecule has 2 saturated heterocycles. The molecule has 0 radical (unpaired) electrons. The van der Waals surface area contributed by atoms with Crippen molar-refractivity contribution < 1.29 is 4.92 Å². The zero-order valence-electron chi connectivity index (χ0n) is 11.6. The number of nitrogens with one attached hydrogen (secondary N) is 1. The molecule has 0 saturated carbocycles. The van der Waals surface area contributed by atoms with E-state index in [9.17, 15) is 10.1 Å². The molecule has 20 heavy (non-hydrogen) atoms. The summed E-state index contributed by atoms with van der Waals surface area (Å²) in [4.78, 5) is 12.9. The van der Waals surface area contributed by atoms with E-state index in [1.165, 1.54) is 38.8 Å². The van der Waals surface area contributed by atoms with E-state index in [2.05, 4.69) is 10.2 Å². The van der Waals surface area contributed by atoms with Crippen LogP contribution in [-0.4, -0.2) is 35.0 Å². The van der Waals surface area contributed by atoms with Crippen molar-refractivity contribution in [3.63, 3.8) is 0 Å². The van der Waals surface area contributed by atoms with Crippen LogP contribution in [0.2, 0.25) is 0 Å². The highest BCUT2D eigenvalue weighted by Crippen LogP contribution is 2.27. The third-order valence-electron chi connectivity index (χ3n) is 4.57. The molecule has 2 aliphatic rings. The average molecular weight is 275 g/mol. The van der Waals surface area contributed by atoms with Gasteiger partial charge in [0.1, 0.15) is 0 Å². The molecular formula is C15H21N3O2. The minimum atomic E-state index is -0.353. The Hall–Kier alpha value is -1.46. The highest BCUT2D eigenvalue weighted by atomic mass is 16.6. The standard InChI is InChI=1S/C15H21N3O2/c19-18(20)13-6-4-12(5-7-13)11-16-14-8-10-17-9-2-1-3-15(14)17/h4-7,14-16H,1-3,8-11H2. The Bertz CT molecular complexity index is 475. The predicted octanol–water partition coefficient (Wildman–Crippen LogP) is 2.31. The Balaban J connectivity index is 1.55. The van der Waals surface area contributed by atoms with E-state index in [-0.39, 0.29) is 10.6 Å². The summed E-state index contributed by atoms with van der Waals surface area (Å²) in [6, 6.07) is 8.13. The number of fused-ring (bicyclic) bond motifs is 1. The molecule has 0 spiro atoms. The minimum absolute atomic E-state index is 0.160. The number of rotatable bonds is 4. The number of hydrogen-bond donors (Lipinski definition) is 1. The van der Waals surface area contributed by atoms with Crippen molar-refractivity contribution in [3.8, 4) is 0 Å². The molecule has 0 bridgehead atoms. The van der Waals surface area contributed by atoms with Crippen LogP contribution in [0.15, 0.2) is 24.3 Å². The molecule has 0 amide bonds. The normalized spacial score (nSPS) is 26.4. The van der Waals surface area contributed by atoms with Gasteiger partial charge in [0.15, 0.2) is 0 Å². The van der Waals surface area contributed by atoms with E-state index >= 15 is 0 Å². The van der Waals surface area contributed by atoms with Gasteiger partial charge >= 0.3 is 0 Å². The number of nitro benzene ring substituents is 1. The Labute approximate surface area is 119 Å². The predicted molar refractivity (Wildman–Crippen MR) is 77.6 cm³/mol. The molecule has 108 valence electrons. The topological polar surface area (TPSA) is 58.4 Å². The van der Waals surface area contributed by atoms with E-state index in [0.29, 0.717) is 12.1 Å². The highest BCUT2D eigenvalue weighted by Gasteiger charge is 2.34. The Kier molecular flexibility index (Phi) is 3.98. The van der Waals surface area contributed by atoms with Crippen LogP contribution in [0, 0.1) is 10.1 Å². The van der Waals surface area contributed by atoms with Gasteiger partial charge < -0.3 is 5.32 Å². The number of benzene rings is 1. The summed E-state index contributed by atoms with van der Waals surface area (Å²) in [6.45, 7) is 3.26. The number of piperidine rings is 1. The van der Waals surface area contributed by atoms with Crippen molar-refractivity contribution in [1.29, 1.82) is 0 Å². The maximum absolute atomic E-state index is 10.6. The summed E-state index contributed by atoms with van der Waals surface area (Å²) in [5.41, 5.74) is 1.28. The van der Waals surface area contributed by atoms with Gasteiger partial charge in [-0.2, -0.15) is 0 Å². The molecule has 2 aliphatic heterocycles. The summed E-state index contributed by atoms with van der Waals surface area (Å²) < 4.78 is 0. The molecule has 3 rings (SSSR count). The lowest BCUT2D eigenvalue weighted by molar-refractivity contribution is -0.384. The number of hydrogen-bond acceptors (Lipinski definition) is 4.